The van der Waals surface area contributed by atoms with Crippen molar-refractivity contribution < 1.29 is 49.8 Å². The highest BCUT2D eigenvalue weighted by Gasteiger charge is 2.72. The second kappa shape index (κ2) is 12.0. The molecule has 0 aromatic heterocycles. The quantitative estimate of drug-likeness (QED) is 0.244. The highest BCUT2D eigenvalue weighted by atomic mass is 16.4. The summed E-state index contributed by atoms with van der Waals surface area (Å²) in [6.07, 6.45) is 6.00. The fourth-order valence-electron chi connectivity index (χ4n) is 15.1. The number of ketones is 4. The number of aliphatic hydroxyl groups is 6. The van der Waals surface area contributed by atoms with Crippen LogP contribution in [-0.4, -0.2) is 89.4 Å². The van der Waals surface area contributed by atoms with Gasteiger partial charge in [-0.05, 0) is 111 Å². The van der Waals surface area contributed by atoms with Crippen molar-refractivity contribution >= 4 is 23.1 Å². The summed E-state index contributed by atoms with van der Waals surface area (Å²) < 4.78 is 0. The Balaban J connectivity index is 1.04. The molecule has 294 valence electrons. The van der Waals surface area contributed by atoms with Crippen LogP contribution in [0.3, 0.4) is 0 Å². The van der Waals surface area contributed by atoms with Crippen molar-refractivity contribution in [3.8, 4) is 0 Å². The van der Waals surface area contributed by atoms with E-state index >= 15 is 0 Å². The van der Waals surface area contributed by atoms with Gasteiger partial charge >= 0.3 is 0 Å². The Morgan fingerprint density at radius 3 is 1.37 bits per heavy atom. The Labute approximate surface area is 317 Å². The van der Waals surface area contributed by atoms with Gasteiger partial charge < -0.3 is 30.6 Å². The van der Waals surface area contributed by atoms with E-state index in [4.69, 9.17) is 0 Å². The molecular weight excluding hydrogens is 688 g/mol. The fraction of sp³-hybridized carbons (Fsp3) is 0.727. The third kappa shape index (κ3) is 4.67. The molecule has 2 unspecified atom stereocenters. The number of hydrogen-bond donors (Lipinski definition) is 6. The van der Waals surface area contributed by atoms with Gasteiger partial charge in [-0.1, -0.05) is 64.8 Å². The van der Waals surface area contributed by atoms with E-state index in [0.29, 0.717) is 25.7 Å². The summed E-state index contributed by atoms with van der Waals surface area (Å²) in [4.78, 5) is 53.4. The van der Waals surface area contributed by atoms with Crippen LogP contribution in [0.2, 0.25) is 0 Å². The van der Waals surface area contributed by atoms with E-state index in [1.165, 1.54) is 0 Å². The Kier molecular flexibility index (Phi) is 8.48. The molecule has 0 radical (unpaired) electrons. The van der Waals surface area contributed by atoms with Gasteiger partial charge in [-0.3, -0.25) is 19.2 Å². The van der Waals surface area contributed by atoms with Crippen LogP contribution < -0.4 is 0 Å². The van der Waals surface area contributed by atoms with Crippen molar-refractivity contribution in [3.63, 3.8) is 0 Å². The van der Waals surface area contributed by atoms with Gasteiger partial charge in [0.25, 0.3) is 0 Å². The first kappa shape index (κ1) is 38.3. The van der Waals surface area contributed by atoms with E-state index in [1.807, 2.05) is 26.0 Å². The van der Waals surface area contributed by atoms with Crippen LogP contribution >= 0.6 is 0 Å². The molecule has 8 aliphatic rings. The van der Waals surface area contributed by atoms with Crippen LogP contribution in [0.5, 0.6) is 0 Å². The van der Waals surface area contributed by atoms with Gasteiger partial charge in [0.2, 0.25) is 0 Å². The molecule has 8 rings (SSSR count). The van der Waals surface area contributed by atoms with Crippen molar-refractivity contribution in [3.05, 3.63) is 47.6 Å². The van der Waals surface area contributed by atoms with Crippen LogP contribution in [0.4, 0.5) is 0 Å². The highest BCUT2D eigenvalue weighted by Crippen LogP contribution is 2.70. The lowest BCUT2D eigenvalue weighted by Gasteiger charge is -2.61. The number of Topliss-reactive ketones (excluding diaryl/α,β-unsaturated/α-hetero) is 2. The van der Waals surface area contributed by atoms with Crippen molar-refractivity contribution in [2.45, 2.75) is 129 Å². The monoisotopic (exact) mass is 746 g/mol. The molecule has 8 aliphatic carbocycles. The lowest BCUT2D eigenvalue weighted by atomic mass is 9.44. The summed E-state index contributed by atoms with van der Waals surface area (Å²) in [5, 5.41) is 71.6. The molecular formula is C44H58O10. The van der Waals surface area contributed by atoms with Crippen molar-refractivity contribution in [2.75, 3.05) is 0 Å². The third-order valence-corrected chi connectivity index (χ3v) is 17.6. The number of carbonyl (C=O) groups is 4. The lowest BCUT2D eigenvalue weighted by molar-refractivity contribution is -0.196. The summed E-state index contributed by atoms with van der Waals surface area (Å²) in [6.45, 7) is 11.7. The first-order valence-electron chi connectivity index (χ1n) is 20.3. The largest absolute Gasteiger partial charge is 0.393 e. The molecule has 0 heterocycles. The maximum absolute atomic E-state index is 14.4. The number of fused-ring (bicyclic) bond motifs is 10. The van der Waals surface area contributed by atoms with Gasteiger partial charge in [-0.15, -0.1) is 0 Å². The van der Waals surface area contributed by atoms with Gasteiger partial charge in [0.15, 0.2) is 23.1 Å². The van der Waals surface area contributed by atoms with Crippen LogP contribution in [0.1, 0.15) is 92.9 Å². The minimum absolute atomic E-state index is 0.0181. The summed E-state index contributed by atoms with van der Waals surface area (Å²) in [7, 11) is 0. The molecule has 10 heteroatoms. The summed E-state index contributed by atoms with van der Waals surface area (Å²) in [5.41, 5.74) is -5.84. The first-order valence-corrected chi connectivity index (χ1v) is 20.3. The summed E-state index contributed by atoms with van der Waals surface area (Å²) in [6, 6.07) is 0. The third-order valence-electron chi connectivity index (χ3n) is 17.6. The number of rotatable bonds is 5. The second-order valence-electron chi connectivity index (χ2n) is 19.9. The fourth-order valence-corrected chi connectivity index (χ4v) is 15.1. The van der Waals surface area contributed by atoms with Gasteiger partial charge in [0.05, 0.1) is 12.2 Å². The predicted octanol–water partition coefficient (Wildman–Crippen LogP) is 3.36. The average molecular weight is 747 g/mol. The summed E-state index contributed by atoms with van der Waals surface area (Å²) in [5.74, 6) is -3.39. The minimum Gasteiger partial charge on any atom is -0.393 e. The number of allylic oxidation sites excluding steroid dienone is 8. The van der Waals surface area contributed by atoms with Crippen LogP contribution in [0.15, 0.2) is 47.6 Å². The zero-order chi connectivity index (χ0) is 39.3. The summed E-state index contributed by atoms with van der Waals surface area (Å²) >= 11 is 0. The molecule has 0 aromatic rings. The maximum Gasteiger partial charge on any atom is 0.196 e. The molecule has 18 atom stereocenters. The molecule has 54 heavy (non-hydrogen) atoms. The normalized spacial score (nSPS) is 52.8. The Morgan fingerprint density at radius 1 is 0.667 bits per heavy atom. The van der Waals surface area contributed by atoms with Gasteiger partial charge in [-0.2, -0.15) is 0 Å². The Bertz CT molecular complexity index is 1700. The van der Waals surface area contributed by atoms with E-state index in [0.717, 1.165) is 11.1 Å². The molecule has 10 nitrogen and oxygen atoms in total. The Morgan fingerprint density at radius 2 is 1.02 bits per heavy atom. The number of carbonyl (C=O) groups excluding carboxylic acids is 4. The van der Waals surface area contributed by atoms with Crippen LogP contribution in [-0.2, 0) is 19.2 Å². The molecule has 0 bridgehead atoms. The van der Waals surface area contributed by atoms with E-state index in [1.54, 1.807) is 38.2 Å². The van der Waals surface area contributed by atoms with Crippen molar-refractivity contribution in [1.29, 1.82) is 0 Å². The topological polar surface area (TPSA) is 190 Å². The van der Waals surface area contributed by atoms with E-state index in [-0.39, 0.29) is 84.6 Å². The molecule has 0 saturated heterocycles. The highest BCUT2D eigenvalue weighted by molar-refractivity contribution is 6.02. The molecule has 0 amide bonds. The smallest absolute Gasteiger partial charge is 0.196 e. The van der Waals surface area contributed by atoms with Gasteiger partial charge in [0, 0.05) is 33.5 Å². The molecule has 0 aliphatic heterocycles. The second-order valence-corrected chi connectivity index (χ2v) is 19.9. The lowest BCUT2D eigenvalue weighted by Crippen LogP contribution is -2.66. The van der Waals surface area contributed by atoms with Crippen molar-refractivity contribution in [1.82, 2.24) is 0 Å². The van der Waals surface area contributed by atoms with Crippen LogP contribution in [0.25, 0.3) is 0 Å². The zero-order valence-electron chi connectivity index (χ0n) is 32.4. The molecule has 6 saturated carbocycles. The zero-order valence-corrected chi connectivity index (χ0v) is 32.4. The molecule has 6 fully saturated rings. The standard InChI is InChI=1S/C44H58O10/c1-21-15-25-27-9-13-43(53,41(27,5)19-31(47)33(25)39(3)11-7-23(45)17-29(21)39)37(51)35(49)36(50)38(52)44(54)14-10-28-26-16-22(2)30-18-24(46)8-12-40(30,4)34(26)32(48)20-42(28,44)6/h7-8,11-12,17-18,21-22,25-28,31-36,47-50,53-54H,9-10,13-16,19-20H2,1-6H3/t21-,22-,25-,26-,27-,28-,31-,32-,33+,34+,35?,36?,39-,40-,41-,42-,43-,44-/m0/s1. The average Bonchev–Trinajstić information content (AvgIpc) is 3.53. The van der Waals surface area contributed by atoms with E-state index < -0.39 is 68.8 Å². The first-order chi connectivity index (χ1) is 25.1. The van der Waals surface area contributed by atoms with E-state index in [2.05, 4.69) is 13.8 Å². The number of aliphatic hydroxyl groups excluding tert-OH is 4. The molecule has 6 N–H and O–H groups in total. The van der Waals surface area contributed by atoms with Crippen molar-refractivity contribution in [2.24, 2.45) is 69.0 Å². The Hall–Kier alpha value is -2.60. The maximum atomic E-state index is 14.4. The predicted molar refractivity (Wildman–Crippen MR) is 197 cm³/mol. The van der Waals surface area contributed by atoms with E-state index in [9.17, 15) is 49.8 Å². The van der Waals surface area contributed by atoms with Gasteiger partial charge in [0.1, 0.15) is 23.4 Å². The van der Waals surface area contributed by atoms with Crippen LogP contribution in [0, 0.1) is 69.0 Å². The minimum atomic E-state index is -2.32. The number of hydrogen-bond acceptors (Lipinski definition) is 10. The van der Waals surface area contributed by atoms with Gasteiger partial charge in [-0.25, -0.2) is 0 Å². The molecule has 0 spiro atoms. The SMILES string of the molecule is C[C@H]1C[C@@H]2[C@H]([C@@H](O)C[C@@]3(C)[C@H]2CC[C@]3(O)C(=O)C(O)C(O)C(=O)[C@@]2(O)CC[C@H]3[C@@H]4C[C@H](C)C5=CC(=O)C=C[C@]5(C)[C@H]4[C@@H](O)C[C@@]32C)[C@@]2(C)C=CC(=O)C=C12. The molecule has 0 aromatic carbocycles.